The van der Waals surface area contributed by atoms with E-state index in [0.29, 0.717) is 29.6 Å². The van der Waals surface area contributed by atoms with Crippen LogP contribution in [0.1, 0.15) is 36.3 Å². The lowest BCUT2D eigenvalue weighted by Crippen LogP contribution is -2.34. The molecule has 0 spiro atoms. The van der Waals surface area contributed by atoms with E-state index in [1.54, 1.807) is 22.5 Å². The van der Waals surface area contributed by atoms with Gasteiger partial charge in [-0.15, -0.1) is 0 Å². The molecule has 0 N–H and O–H groups in total. The van der Waals surface area contributed by atoms with Crippen molar-refractivity contribution in [2.45, 2.75) is 36.5 Å². The van der Waals surface area contributed by atoms with Gasteiger partial charge in [-0.2, -0.15) is 4.31 Å². The van der Waals surface area contributed by atoms with Gasteiger partial charge in [0.2, 0.25) is 10.0 Å². The minimum atomic E-state index is -3.50. The lowest BCUT2D eigenvalue weighted by Gasteiger charge is -2.24. The lowest BCUT2D eigenvalue weighted by atomic mass is 9.95. The Bertz CT molecular complexity index is 896. The molecule has 1 fully saturated rings. The summed E-state index contributed by atoms with van der Waals surface area (Å²) in [6.45, 7) is 1.71. The molecule has 2 heterocycles. The van der Waals surface area contributed by atoms with Crippen molar-refractivity contribution in [1.29, 1.82) is 0 Å². The summed E-state index contributed by atoms with van der Waals surface area (Å²) in [5.41, 5.74) is 2.13. The molecular weight excluding hydrogens is 370 g/mol. The SMILES string of the molecule is O=S(=O)(c1ccc2c(c1)CCO2)N1CCCCC(c2ccc(Cl)cc2)C1. The highest BCUT2D eigenvalue weighted by Crippen LogP contribution is 2.32. The molecule has 1 unspecified atom stereocenters. The van der Waals surface area contributed by atoms with E-state index in [4.69, 9.17) is 16.3 Å². The second-order valence-electron chi connectivity index (χ2n) is 6.98. The second-order valence-corrected chi connectivity index (χ2v) is 9.35. The molecule has 4 nitrogen and oxygen atoms in total. The molecule has 0 aromatic heterocycles. The fraction of sp³-hybridized carbons (Fsp3) is 0.400. The van der Waals surface area contributed by atoms with E-state index in [1.165, 1.54) is 0 Å². The first kappa shape index (κ1) is 17.8. The number of halogens is 1. The van der Waals surface area contributed by atoms with Crippen LogP contribution in [0.3, 0.4) is 0 Å². The van der Waals surface area contributed by atoms with Gasteiger partial charge in [-0.05, 0) is 60.2 Å². The molecular formula is C20H22ClNO3S. The summed E-state index contributed by atoms with van der Waals surface area (Å²) in [5, 5.41) is 0.701. The van der Waals surface area contributed by atoms with Gasteiger partial charge in [-0.25, -0.2) is 8.42 Å². The summed E-state index contributed by atoms with van der Waals surface area (Å²) < 4.78 is 33.6. The largest absolute Gasteiger partial charge is 0.493 e. The Morgan fingerprint density at radius 1 is 1.08 bits per heavy atom. The first-order valence-electron chi connectivity index (χ1n) is 9.05. The first-order valence-corrected chi connectivity index (χ1v) is 10.9. The Balaban J connectivity index is 1.61. The van der Waals surface area contributed by atoms with Gasteiger partial charge in [-0.1, -0.05) is 30.2 Å². The van der Waals surface area contributed by atoms with Crippen LogP contribution >= 0.6 is 11.6 Å². The Labute approximate surface area is 159 Å². The molecule has 138 valence electrons. The monoisotopic (exact) mass is 391 g/mol. The van der Waals surface area contributed by atoms with E-state index >= 15 is 0 Å². The topological polar surface area (TPSA) is 46.6 Å². The summed E-state index contributed by atoms with van der Waals surface area (Å²) in [5.74, 6) is 1.00. The summed E-state index contributed by atoms with van der Waals surface area (Å²) >= 11 is 5.99. The van der Waals surface area contributed by atoms with Gasteiger partial charge in [-0.3, -0.25) is 0 Å². The van der Waals surface area contributed by atoms with Gasteiger partial charge in [0.15, 0.2) is 0 Å². The minimum absolute atomic E-state index is 0.197. The highest BCUT2D eigenvalue weighted by Gasteiger charge is 2.30. The van der Waals surface area contributed by atoms with Gasteiger partial charge < -0.3 is 4.74 Å². The van der Waals surface area contributed by atoms with Gasteiger partial charge >= 0.3 is 0 Å². The van der Waals surface area contributed by atoms with Crippen molar-refractivity contribution in [2.75, 3.05) is 19.7 Å². The molecule has 6 heteroatoms. The van der Waals surface area contributed by atoms with Gasteiger partial charge in [0, 0.05) is 24.5 Å². The van der Waals surface area contributed by atoms with Crippen LogP contribution in [0.2, 0.25) is 5.02 Å². The van der Waals surface area contributed by atoms with E-state index in [0.717, 1.165) is 42.6 Å². The molecule has 26 heavy (non-hydrogen) atoms. The van der Waals surface area contributed by atoms with Crippen LogP contribution in [0.4, 0.5) is 0 Å². The van der Waals surface area contributed by atoms with Gasteiger partial charge in [0.25, 0.3) is 0 Å². The molecule has 1 atom stereocenters. The first-order chi connectivity index (χ1) is 12.5. The molecule has 2 aromatic carbocycles. The van der Waals surface area contributed by atoms with Crippen molar-refractivity contribution in [3.63, 3.8) is 0 Å². The number of benzene rings is 2. The number of sulfonamides is 1. The highest BCUT2D eigenvalue weighted by molar-refractivity contribution is 7.89. The predicted octanol–water partition coefficient (Wildman–Crippen LogP) is 4.23. The minimum Gasteiger partial charge on any atom is -0.493 e. The second kappa shape index (κ2) is 7.22. The quantitative estimate of drug-likeness (QED) is 0.786. The smallest absolute Gasteiger partial charge is 0.243 e. The fourth-order valence-corrected chi connectivity index (χ4v) is 5.51. The standard InChI is InChI=1S/C20H22ClNO3S/c21-18-6-4-15(5-7-18)17-3-1-2-11-22(14-17)26(23,24)19-8-9-20-16(13-19)10-12-25-20/h4-9,13,17H,1-3,10-12,14H2. The number of rotatable bonds is 3. The average Bonchev–Trinajstić information content (AvgIpc) is 2.96. The highest BCUT2D eigenvalue weighted by atomic mass is 35.5. The maximum atomic E-state index is 13.2. The third-order valence-electron chi connectivity index (χ3n) is 5.27. The van der Waals surface area contributed by atoms with Gasteiger partial charge in [0.1, 0.15) is 5.75 Å². The molecule has 2 aromatic rings. The van der Waals surface area contributed by atoms with Crippen LogP contribution in [0.25, 0.3) is 0 Å². The third-order valence-corrected chi connectivity index (χ3v) is 7.39. The van der Waals surface area contributed by atoms with Crippen LogP contribution < -0.4 is 4.74 Å². The fourth-order valence-electron chi connectivity index (χ4n) is 3.81. The Hall–Kier alpha value is -1.56. The molecule has 0 bridgehead atoms. The molecule has 0 radical (unpaired) electrons. The van der Waals surface area contributed by atoms with Crippen LogP contribution in [0.5, 0.6) is 5.75 Å². The summed E-state index contributed by atoms with van der Waals surface area (Å²) in [7, 11) is -3.50. The van der Waals surface area contributed by atoms with Gasteiger partial charge in [0.05, 0.1) is 11.5 Å². The van der Waals surface area contributed by atoms with E-state index in [1.807, 2.05) is 24.3 Å². The van der Waals surface area contributed by atoms with E-state index in [-0.39, 0.29) is 5.92 Å². The van der Waals surface area contributed by atoms with Crippen molar-refractivity contribution in [2.24, 2.45) is 0 Å². The lowest BCUT2D eigenvalue weighted by molar-refractivity contribution is 0.356. The van der Waals surface area contributed by atoms with Crippen LogP contribution in [0.15, 0.2) is 47.4 Å². The van der Waals surface area contributed by atoms with Crippen molar-refractivity contribution in [1.82, 2.24) is 4.31 Å². The maximum Gasteiger partial charge on any atom is 0.243 e. The summed E-state index contributed by atoms with van der Waals surface area (Å²) in [6, 6.07) is 13.0. The molecule has 4 rings (SSSR count). The molecule has 0 saturated carbocycles. The number of fused-ring (bicyclic) bond motifs is 1. The van der Waals surface area contributed by atoms with Crippen molar-refractivity contribution < 1.29 is 13.2 Å². The maximum absolute atomic E-state index is 13.2. The van der Waals surface area contributed by atoms with Crippen molar-refractivity contribution >= 4 is 21.6 Å². The Kier molecular flexibility index (Phi) is 4.95. The van der Waals surface area contributed by atoms with Crippen LogP contribution in [0, 0.1) is 0 Å². The van der Waals surface area contributed by atoms with E-state index in [2.05, 4.69) is 0 Å². The number of hydrogen-bond donors (Lipinski definition) is 0. The predicted molar refractivity (Wildman–Crippen MR) is 102 cm³/mol. The Morgan fingerprint density at radius 3 is 2.69 bits per heavy atom. The summed E-state index contributed by atoms with van der Waals surface area (Å²) in [4.78, 5) is 0.374. The molecule has 0 amide bonds. The Morgan fingerprint density at radius 2 is 1.88 bits per heavy atom. The third kappa shape index (κ3) is 3.48. The molecule has 1 saturated heterocycles. The molecule has 2 aliphatic heterocycles. The average molecular weight is 392 g/mol. The molecule has 0 aliphatic carbocycles. The van der Waals surface area contributed by atoms with Crippen molar-refractivity contribution in [3.05, 3.63) is 58.6 Å². The number of ether oxygens (including phenoxy) is 1. The van der Waals surface area contributed by atoms with Crippen molar-refractivity contribution in [3.8, 4) is 5.75 Å². The molecule has 2 aliphatic rings. The van der Waals surface area contributed by atoms with Crippen LogP contribution in [-0.4, -0.2) is 32.4 Å². The zero-order chi connectivity index (χ0) is 18.1. The number of hydrogen-bond acceptors (Lipinski definition) is 3. The number of nitrogens with zero attached hydrogens (tertiary/aromatic N) is 1. The zero-order valence-corrected chi connectivity index (χ0v) is 16.1. The normalized spacial score (nSPS) is 21.0. The van der Waals surface area contributed by atoms with E-state index < -0.39 is 10.0 Å². The van der Waals surface area contributed by atoms with Crippen LogP contribution in [-0.2, 0) is 16.4 Å². The zero-order valence-electron chi connectivity index (χ0n) is 14.5. The van der Waals surface area contributed by atoms with E-state index in [9.17, 15) is 8.42 Å². The summed E-state index contributed by atoms with van der Waals surface area (Å²) in [6.07, 6.45) is 3.67.